The van der Waals surface area contributed by atoms with Crippen molar-refractivity contribution in [3.8, 4) is 11.4 Å². The normalized spacial score (nSPS) is 10.7. The van der Waals surface area contributed by atoms with Crippen LogP contribution in [0, 0.1) is 0 Å². The Balaban J connectivity index is 1.69. The fourth-order valence-electron chi connectivity index (χ4n) is 1.83. The maximum atomic E-state index is 4.39. The molecule has 3 rings (SSSR count). The zero-order valence-electron chi connectivity index (χ0n) is 10.6. The number of tetrazole rings is 1. The van der Waals surface area contributed by atoms with Gasteiger partial charge in [-0.15, -0.1) is 10.2 Å². The van der Waals surface area contributed by atoms with Crippen LogP contribution in [0.2, 0.25) is 0 Å². The number of hydrogen-bond acceptors (Lipinski definition) is 4. The molecule has 0 unspecified atom stereocenters. The highest BCUT2D eigenvalue weighted by molar-refractivity contribution is 9.10. The Bertz CT molecular complexity index is 678. The molecule has 0 atom stereocenters. The van der Waals surface area contributed by atoms with Gasteiger partial charge in [-0.25, -0.2) is 0 Å². The first-order chi connectivity index (χ1) is 9.81. The number of halogens is 1. The fraction of sp³-hybridized carbons (Fsp3) is 0.143. The molecule has 0 N–H and O–H groups in total. The molecule has 1 aromatic carbocycles. The minimum Gasteiger partial charge on any atom is -0.265 e. The van der Waals surface area contributed by atoms with Gasteiger partial charge >= 0.3 is 0 Å². The van der Waals surface area contributed by atoms with Crippen LogP contribution < -0.4 is 0 Å². The van der Waals surface area contributed by atoms with Gasteiger partial charge in [-0.05, 0) is 53.6 Å². The zero-order chi connectivity index (χ0) is 13.8. The van der Waals surface area contributed by atoms with Crippen LogP contribution in [0.15, 0.2) is 53.3 Å². The van der Waals surface area contributed by atoms with E-state index in [1.54, 1.807) is 17.2 Å². The molecule has 20 heavy (non-hydrogen) atoms. The minimum absolute atomic E-state index is 0.646. The molecular formula is C14H12BrN5. The molecule has 0 fully saturated rings. The van der Waals surface area contributed by atoms with Crippen molar-refractivity contribution >= 4 is 15.9 Å². The van der Waals surface area contributed by atoms with E-state index in [1.807, 2.05) is 36.4 Å². The van der Waals surface area contributed by atoms with Gasteiger partial charge in [0.1, 0.15) is 0 Å². The van der Waals surface area contributed by atoms with Crippen molar-refractivity contribution in [2.45, 2.75) is 13.0 Å². The van der Waals surface area contributed by atoms with Crippen molar-refractivity contribution in [2.75, 3.05) is 0 Å². The topological polar surface area (TPSA) is 56.5 Å². The van der Waals surface area contributed by atoms with E-state index in [4.69, 9.17) is 0 Å². The predicted molar refractivity (Wildman–Crippen MR) is 78.9 cm³/mol. The van der Waals surface area contributed by atoms with Crippen molar-refractivity contribution in [3.05, 3.63) is 58.8 Å². The first-order valence-corrected chi connectivity index (χ1v) is 7.03. The standard InChI is InChI=1S/C14H12BrN5/c15-13-3-1-12(2-4-13)14-17-19-20(18-14)10-7-11-5-8-16-9-6-11/h1-6,8-9H,7,10H2. The van der Waals surface area contributed by atoms with Crippen molar-refractivity contribution in [2.24, 2.45) is 0 Å². The number of hydrogen-bond donors (Lipinski definition) is 0. The molecule has 0 saturated carbocycles. The average Bonchev–Trinajstić information content (AvgIpc) is 2.96. The first-order valence-electron chi connectivity index (χ1n) is 6.24. The molecule has 2 aromatic heterocycles. The molecule has 100 valence electrons. The van der Waals surface area contributed by atoms with Gasteiger partial charge in [-0.3, -0.25) is 4.98 Å². The van der Waals surface area contributed by atoms with Crippen molar-refractivity contribution in [1.82, 2.24) is 25.2 Å². The van der Waals surface area contributed by atoms with E-state index < -0.39 is 0 Å². The van der Waals surface area contributed by atoms with Gasteiger partial charge in [0.2, 0.25) is 5.82 Å². The summed E-state index contributed by atoms with van der Waals surface area (Å²) in [5.41, 5.74) is 2.17. The molecular weight excluding hydrogens is 318 g/mol. The monoisotopic (exact) mass is 329 g/mol. The highest BCUT2D eigenvalue weighted by Gasteiger charge is 2.05. The van der Waals surface area contributed by atoms with Crippen LogP contribution >= 0.6 is 15.9 Å². The SMILES string of the molecule is Brc1ccc(-c2nnn(CCc3ccncc3)n2)cc1. The maximum Gasteiger partial charge on any atom is 0.204 e. The third kappa shape index (κ3) is 3.08. The second kappa shape index (κ2) is 5.92. The number of aromatic nitrogens is 5. The van der Waals surface area contributed by atoms with Gasteiger partial charge in [0.05, 0.1) is 6.54 Å². The number of rotatable bonds is 4. The zero-order valence-corrected chi connectivity index (χ0v) is 12.2. The molecule has 3 aromatic rings. The Morgan fingerprint density at radius 2 is 1.75 bits per heavy atom. The fourth-order valence-corrected chi connectivity index (χ4v) is 2.10. The van der Waals surface area contributed by atoms with E-state index in [0.717, 1.165) is 16.5 Å². The first kappa shape index (κ1) is 12.9. The van der Waals surface area contributed by atoms with E-state index in [-0.39, 0.29) is 0 Å². The van der Waals surface area contributed by atoms with Gasteiger partial charge in [0.25, 0.3) is 0 Å². The van der Waals surface area contributed by atoms with Gasteiger partial charge in [0.15, 0.2) is 0 Å². The molecule has 0 saturated heterocycles. The van der Waals surface area contributed by atoms with Gasteiger partial charge in [-0.2, -0.15) is 4.80 Å². The van der Waals surface area contributed by atoms with Crippen molar-refractivity contribution < 1.29 is 0 Å². The summed E-state index contributed by atoms with van der Waals surface area (Å²) in [6.07, 6.45) is 4.44. The lowest BCUT2D eigenvalue weighted by atomic mass is 10.2. The minimum atomic E-state index is 0.646. The second-order valence-corrected chi connectivity index (χ2v) is 5.24. The summed E-state index contributed by atoms with van der Waals surface area (Å²) in [6, 6.07) is 11.8. The van der Waals surface area contributed by atoms with Gasteiger partial charge in [-0.1, -0.05) is 15.9 Å². The van der Waals surface area contributed by atoms with E-state index in [2.05, 4.69) is 36.3 Å². The van der Waals surface area contributed by atoms with Crippen LogP contribution in [0.1, 0.15) is 5.56 Å². The quantitative estimate of drug-likeness (QED) is 0.738. The Morgan fingerprint density at radius 1 is 1.00 bits per heavy atom. The number of nitrogens with zero attached hydrogens (tertiary/aromatic N) is 5. The Hall–Kier alpha value is -2.08. The molecule has 0 radical (unpaired) electrons. The summed E-state index contributed by atoms with van der Waals surface area (Å²) in [7, 11) is 0. The molecule has 5 nitrogen and oxygen atoms in total. The summed E-state index contributed by atoms with van der Waals surface area (Å²) < 4.78 is 1.03. The molecule has 0 aliphatic rings. The van der Waals surface area contributed by atoms with Crippen molar-refractivity contribution in [3.63, 3.8) is 0 Å². The van der Waals surface area contributed by atoms with Crippen molar-refractivity contribution in [1.29, 1.82) is 0 Å². The smallest absolute Gasteiger partial charge is 0.204 e. The van der Waals surface area contributed by atoms with Gasteiger partial charge in [0, 0.05) is 22.4 Å². The lowest BCUT2D eigenvalue weighted by Crippen LogP contribution is -2.05. The number of pyridine rings is 1. The second-order valence-electron chi connectivity index (χ2n) is 4.32. The maximum absolute atomic E-state index is 4.39. The molecule has 0 amide bonds. The van der Waals surface area contributed by atoms with Crippen LogP contribution in [0.25, 0.3) is 11.4 Å². The molecule has 0 spiro atoms. The highest BCUT2D eigenvalue weighted by Crippen LogP contribution is 2.17. The molecule has 0 aliphatic heterocycles. The summed E-state index contributed by atoms with van der Waals surface area (Å²) in [4.78, 5) is 5.62. The number of aryl methyl sites for hydroxylation is 2. The summed E-state index contributed by atoms with van der Waals surface area (Å²) in [5.74, 6) is 0.646. The number of benzene rings is 1. The third-order valence-electron chi connectivity index (χ3n) is 2.91. The molecule has 6 heteroatoms. The van der Waals surface area contributed by atoms with E-state index in [9.17, 15) is 0 Å². The largest absolute Gasteiger partial charge is 0.265 e. The summed E-state index contributed by atoms with van der Waals surface area (Å²) in [5, 5.41) is 12.5. The lowest BCUT2D eigenvalue weighted by molar-refractivity contribution is 0.522. The Labute approximate surface area is 124 Å². The van der Waals surface area contributed by atoms with E-state index in [0.29, 0.717) is 12.4 Å². The third-order valence-corrected chi connectivity index (χ3v) is 3.43. The van der Waals surface area contributed by atoms with Crippen LogP contribution in [0.5, 0.6) is 0 Å². The van der Waals surface area contributed by atoms with E-state index >= 15 is 0 Å². The lowest BCUT2D eigenvalue weighted by Gasteiger charge is -1.99. The predicted octanol–water partition coefficient (Wildman–Crippen LogP) is 2.74. The highest BCUT2D eigenvalue weighted by atomic mass is 79.9. The van der Waals surface area contributed by atoms with E-state index in [1.165, 1.54) is 5.56 Å². The summed E-state index contributed by atoms with van der Waals surface area (Å²) in [6.45, 7) is 0.702. The Morgan fingerprint density at radius 3 is 2.50 bits per heavy atom. The molecule has 2 heterocycles. The summed E-state index contributed by atoms with van der Waals surface area (Å²) >= 11 is 3.41. The Kier molecular flexibility index (Phi) is 3.83. The van der Waals surface area contributed by atoms with Crippen LogP contribution in [-0.4, -0.2) is 25.2 Å². The molecule has 0 bridgehead atoms. The van der Waals surface area contributed by atoms with Gasteiger partial charge < -0.3 is 0 Å². The van der Waals surface area contributed by atoms with Crippen LogP contribution in [-0.2, 0) is 13.0 Å². The average molecular weight is 330 g/mol. The van der Waals surface area contributed by atoms with Crippen LogP contribution in [0.4, 0.5) is 0 Å². The van der Waals surface area contributed by atoms with Crippen LogP contribution in [0.3, 0.4) is 0 Å². The molecule has 0 aliphatic carbocycles.